The molecule has 0 saturated heterocycles. The summed E-state index contributed by atoms with van der Waals surface area (Å²) in [5.74, 6) is 0. The second-order valence-corrected chi connectivity index (χ2v) is 10.0. The lowest BCUT2D eigenvalue weighted by atomic mass is 9.93. The maximum absolute atomic E-state index is 11.8. The highest BCUT2D eigenvalue weighted by molar-refractivity contribution is 7.85. The van der Waals surface area contributed by atoms with E-state index in [1.165, 1.54) is 75.2 Å². The Morgan fingerprint density at radius 2 is 1.23 bits per heavy atom. The Labute approximate surface area is 184 Å². The van der Waals surface area contributed by atoms with Crippen LogP contribution in [0.1, 0.15) is 102 Å². The summed E-state index contributed by atoms with van der Waals surface area (Å²) in [4.78, 5) is 0.0210. The predicted molar refractivity (Wildman–Crippen MR) is 128 cm³/mol. The average molecular weight is 433 g/mol. The molecule has 3 nitrogen and oxygen atoms in total. The summed E-state index contributed by atoms with van der Waals surface area (Å²) in [7, 11) is -4.20. The first-order valence-corrected chi connectivity index (χ1v) is 13.4. The van der Waals surface area contributed by atoms with Gasteiger partial charge in [0.25, 0.3) is 10.1 Å². The third kappa shape index (κ3) is 8.03. The van der Waals surface area contributed by atoms with Crippen LogP contribution in [0, 0.1) is 0 Å². The molecule has 0 aliphatic heterocycles. The van der Waals surface area contributed by atoms with Crippen LogP contribution in [0.15, 0.2) is 35.2 Å². The predicted octanol–water partition coefficient (Wildman–Crippen LogP) is 7.89. The molecule has 0 unspecified atom stereocenters. The van der Waals surface area contributed by atoms with Gasteiger partial charge in [-0.3, -0.25) is 4.55 Å². The molecule has 168 valence electrons. The van der Waals surface area contributed by atoms with Crippen LogP contribution in [0.2, 0.25) is 0 Å². The fourth-order valence-electron chi connectivity index (χ4n) is 4.32. The monoisotopic (exact) mass is 432 g/mol. The van der Waals surface area contributed by atoms with Crippen molar-refractivity contribution in [1.29, 1.82) is 0 Å². The molecule has 0 aliphatic carbocycles. The summed E-state index contributed by atoms with van der Waals surface area (Å²) < 4.78 is 33.3. The lowest BCUT2D eigenvalue weighted by Gasteiger charge is -2.14. The summed E-state index contributed by atoms with van der Waals surface area (Å²) in [6, 6.07) is 9.50. The van der Waals surface area contributed by atoms with Crippen LogP contribution >= 0.6 is 0 Å². The van der Waals surface area contributed by atoms with Gasteiger partial charge in [0.05, 0.1) is 4.90 Å². The van der Waals surface area contributed by atoms with Gasteiger partial charge < -0.3 is 0 Å². The van der Waals surface area contributed by atoms with E-state index in [-0.39, 0.29) is 4.90 Å². The van der Waals surface area contributed by atoms with Crippen molar-refractivity contribution in [2.75, 3.05) is 0 Å². The molecule has 0 radical (unpaired) electrons. The molecule has 2 aromatic rings. The number of aryl methyl sites for hydroxylation is 2. The van der Waals surface area contributed by atoms with Crippen LogP contribution in [-0.4, -0.2) is 13.0 Å². The molecule has 2 aromatic carbocycles. The van der Waals surface area contributed by atoms with Crippen molar-refractivity contribution in [3.63, 3.8) is 0 Å². The highest BCUT2D eigenvalue weighted by Crippen LogP contribution is 2.29. The molecule has 0 amide bonds. The summed E-state index contributed by atoms with van der Waals surface area (Å²) in [5.41, 5.74) is 2.38. The highest BCUT2D eigenvalue weighted by atomic mass is 32.2. The zero-order valence-electron chi connectivity index (χ0n) is 19.0. The van der Waals surface area contributed by atoms with Gasteiger partial charge in [0.15, 0.2) is 0 Å². The Morgan fingerprint density at radius 3 is 1.80 bits per heavy atom. The van der Waals surface area contributed by atoms with Gasteiger partial charge in [0.2, 0.25) is 0 Å². The van der Waals surface area contributed by atoms with Crippen molar-refractivity contribution in [2.24, 2.45) is 0 Å². The highest BCUT2D eigenvalue weighted by Gasteiger charge is 2.15. The van der Waals surface area contributed by atoms with Crippen molar-refractivity contribution in [3.05, 3.63) is 41.5 Å². The molecule has 2 rings (SSSR count). The molecule has 30 heavy (non-hydrogen) atoms. The lowest BCUT2D eigenvalue weighted by molar-refractivity contribution is 0.483. The fourth-order valence-corrected chi connectivity index (χ4v) is 4.88. The first-order chi connectivity index (χ1) is 14.5. The van der Waals surface area contributed by atoms with Gasteiger partial charge in [-0.2, -0.15) is 8.42 Å². The number of unbranched alkanes of at least 4 members (excludes halogenated alkanes) is 10. The zero-order valence-corrected chi connectivity index (χ0v) is 19.8. The summed E-state index contributed by atoms with van der Waals surface area (Å²) in [5, 5.41) is 2.13. The van der Waals surface area contributed by atoms with Gasteiger partial charge in [0, 0.05) is 0 Å². The number of rotatable bonds is 15. The van der Waals surface area contributed by atoms with E-state index in [1.807, 2.05) is 12.1 Å². The minimum atomic E-state index is -4.20. The third-order valence-electron chi connectivity index (χ3n) is 6.02. The van der Waals surface area contributed by atoms with Gasteiger partial charge in [-0.15, -0.1) is 0 Å². The maximum atomic E-state index is 11.8. The molecule has 0 fully saturated rings. The molecular formula is C26H40O3S. The van der Waals surface area contributed by atoms with Crippen LogP contribution < -0.4 is 0 Å². The molecule has 0 spiro atoms. The average Bonchev–Trinajstić information content (AvgIpc) is 2.72. The van der Waals surface area contributed by atoms with Crippen LogP contribution in [0.4, 0.5) is 0 Å². The Bertz CT molecular complexity index is 871. The van der Waals surface area contributed by atoms with E-state index in [0.717, 1.165) is 36.6 Å². The van der Waals surface area contributed by atoms with Crippen molar-refractivity contribution in [3.8, 4) is 0 Å². The Balaban J connectivity index is 2.18. The molecular weight excluding hydrogens is 392 g/mol. The number of benzene rings is 2. The first-order valence-electron chi connectivity index (χ1n) is 12.0. The van der Waals surface area contributed by atoms with E-state index in [4.69, 9.17) is 0 Å². The normalized spacial score (nSPS) is 12.0. The minimum absolute atomic E-state index is 0.0210. The third-order valence-corrected chi connectivity index (χ3v) is 6.85. The van der Waals surface area contributed by atoms with E-state index < -0.39 is 10.1 Å². The number of hydrogen-bond acceptors (Lipinski definition) is 2. The van der Waals surface area contributed by atoms with E-state index in [2.05, 4.69) is 19.9 Å². The van der Waals surface area contributed by atoms with Crippen molar-refractivity contribution in [1.82, 2.24) is 0 Å². The van der Waals surface area contributed by atoms with E-state index in [0.29, 0.717) is 0 Å². The largest absolute Gasteiger partial charge is 0.294 e. The number of fused-ring (bicyclic) bond motifs is 1. The van der Waals surface area contributed by atoms with E-state index in [9.17, 15) is 13.0 Å². The summed E-state index contributed by atoms with van der Waals surface area (Å²) in [6.07, 6.45) is 16.7. The SMILES string of the molecule is CCCCCCCCc1cccc2cc(S(=O)(=O)O)cc(CCCCCCCC)c12. The second-order valence-electron chi connectivity index (χ2n) is 8.61. The quantitative estimate of drug-likeness (QED) is 0.230. The second kappa shape index (κ2) is 13.1. The zero-order chi connectivity index (χ0) is 21.8. The number of hydrogen-bond donors (Lipinski definition) is 1. The van der Waals surface area contributed by atoms with Gasteiger partial charge in [0.1, 0.15) is 0 Å². The van der Waals surface area contributed by atoms with E-state index >= 15 is 0 Å². The summed E-state index contributed by atoms with van der Waals surface area (Å²) >= 11 is 0. The van der Waals surface area contributed by atoms with Crippen molar-refractivity contribution < 1.29 is 13.0 Å². The summed E-state index contributed by atoms with van der Waals surface area (Å²) in [6.45, 7) is 4.46. The Kier molecular flexibility index (Phi) is 10.9. The Morgan fingerprint density at radius 1 is 0.700 bits per heavy atom. The lowest BCUT2D eigenvalue weighted by Crippen LogP contribution is -2.02. The smallest absolute Gasteiger partial charge is 0.282 e. The van der Waals surface area contributed by atoms with Gasteiger partial charge in [-0.05, 0) is 59.7 Å². The van der Waals surface area contributed by atoms with Crippen LogP contribution in [0.5, 0.6) is 0 Å². The van der Waals surface area contributed by atoms with Crippen LogP contribution in [0.3, 0.4) is 0 Å². The Hall–Kier alpha value is -1.39. The maximum Gasteiger partial charge on any atom is 0.294 e. The van der Waals surface area contributed by atoms with Crippen molar-refractivity contribution >= 4 is 20.9 Å². The topological polar surface area (TPSA) is 54.4 Å². The van der Waals surface area contributed by atoms with Crippen LogP contribution in [0.25, 0.3) is 10.8 Å². The van der Waals surface area contributed by atoms with Gasteiger partial charge in [-0.25, -0.2) is 0 Å². The molecule has 0 heterocycles. The van der Waals surface area contributed by atoms with Crippen molar-refractivity contribution in [2.45, 2.75) is 109 Å². The minimum Gasteiger partial charge on any atom is -0.282 e. The van der Waals surface area contributed by atoms with E-state index in [1.54, 1.807) is 12.1 Å². The molecule has 1 N–H and O–H groups in total. The molecule has 0 aliphatic rings. The van der Waals surface area contributed by atoms with Gasteiger partial charge >= 0.3 is 0 Å². The molecule has 0 saturated carbocycles. The molecule has 0 aromatic heterocycles. The molecule has 0 bridgehead atoms. The van der Waals surface area contributed by atoms with Crippen LogP contribution in [-0.2, 0) is 23.0 Å². The standard InChI is InChI=1S/C26H40O3S/c1-3-5-7-9-11-13-16-22-18-15-19-24-21-25(30(27,28)29)20-23(26(22)24)17-14-12-10-8-6-4-2/h15,18-21H,3-14,16-17H2,1-2H3,(H,27,28,29). The molecule has 4 heteroatoms. The first kappa shape index (κ1) is 24.9. The molecule has 0 atom stereocenters. The van der Waals surface area contributed by atoms with Gasteiger partial charge in [-0.1, -0.05) is 96.3 Å². The fraction of sp³-hybridized carbons (Fsp3) is 0.615.